The molecule has 10 nitrogen and oxygen atoms in total. The quantitative estimate of drug-likeness (QED) is 0.325. The Bertz CT molecular complexity index is 1460. The third kappa shape index (κ3) is 7.16. The summed E-state index contributed by atoms with van der Waals surface area (Å²) >= 11 is 0. The summed E-state index contributed by atoms with van der Waals surface area (Å²) in [4.78, 5) is 30.6. The molecule has 7 rings (SSSR count). The van der Waals surface area contributed by atoms with E-state index in [1.807, 2.05) is 18.7 Å². The Balaban J connectivity index is 1.24. The minimum atomic E-state index is -0.533. The molecule has 3 aromatic rings. The van der Waals surface area contributed by atoms with Crippen LogP contribution in [0.15, 0.2) is 60.7 Å². The maximum absolute atomic E-state index is 13.6. The summed E-state index contributed by atoms with van der Waals surface area (Å²) in [5.41, 5.74) is 3.45. The van der Waals surface area contributed by atoms with Gasteiger partial charge in [0.1, 0.15) is 5.82 Å². The summed E-state index contributed by atoms with van der Waals surface area (Å²) in [7, 11) is 1.69. The van der Waals surface area contributed by atoms with E-state index in [-0.39, 0.29) is 30.0 Å². The molecule has 1 saturated carbocycles. The van der Waals surface area contributed by atoms with Crippen LogP contribution in [0.5, 0.6) is 11.8 Å². The fourth-order valence-corrected chi connectivity index (χ4v) is 7.46. The van der Waals surface area contributed by atoms with Crippen LogP contribution in [0.4, 0.5) is 0 Å². The summed E-state index contributed by atoms with van der Waals surface area (Å²) in [5, 5.41) is 0. The molecule has 1 amide bonds. The summed E-state index contributed by atoms with van der Waals surface area (Å²) in [6.07, 6.45) is 1.63. The molecule has 0 N–H and O–H groups in total. The zero-order valence-corrected chi connectivity index (χ0v) is 27.8. The standard InChI is InChI=1S/C37H47N5O5/c1-25(2)47-36-30(35(44-3)38-34(39-36)28-14-15-28)22-40-20-29-21-41(37(43)32-24-45-18-19-46-32)16-17-42(29)31(23-40)33(26-10-6-4-7-11-26)27-12-8-5-9-13-27/h4-13,25,28-29,31-33H,14-24H2,1-3H3/t29-,31+,32?/m1/s1. The van der Waals surface area contributed by atoms with Crippen molar-refractivity contribution >= 4 is 5.91 Å². The molecule has 2 aromatic carbocycles. The van der Waals surface area contributed by atoms with Gasteiger partial charge in [-0.15, -0.1) is 0 Å². The smallest absolute Gasteiger partial charge is 0.254 e. The van der Waals surface area contributed by atoms with Gasteiger partial charge in [0.15, 0.2) is 6.10 Å². The van der Waals surface area contributed by atoms with E-state index in [1.165, 1.54) is 11.1 Å². The van der Waals surface area contributed by atoms with E-state index < -0.39 is 6.10 Å². The van der Waals surface area contributed by atoms with Gasteiger partial charge in [0.2, 0.25) is 11.8 Å². The predicted molar refractivity (Wildman–Crippen MR) is 178 cm³/mol. The number of fused-ring (bicyclic) bond motifs is 1. The lowest BCUT2D eigenvalue weighted by Crippen LogP contribution is -2.68. The molecule has 0 bridgehead atoms. The predicted octanol–water partition coefficient (Wildman–Crippen LogP) is 4.09. The van der Waals surface area contributed by atoms with Gasteiger partial charge >= 0.3 is 0 Å². The number of amides is 1. The van der Waals surface area contributed by atoms with Crippen LogP contribution in [0, 0.1) is 0 Å². The maximum atomic E-state index is 13.6. The first kappa shape index (κ1) is 32.0. The van der Waals surface area contributed by atoms with E-state index >= 15 is 0 Å². The third-order valence-electron chi connectivity index (χ3n) is 9.79. The van der Waals surface area contributed by atoms with Gasteiger partial charge in [-0.25, -0.2) is 0 Å². The Morgan fingerprint density at radius 1 is 0.915 bits per heavy atom. The lowest BCUT2D eigenvalue weighted by atomic mass is 9.81. The normalized spacial score (nSPS) is 23.9. The van der Waals surface area contributed by atoms with Gasteiger partial charge in [-0.3, -0.25) is 14.6 Å². The van der Waals surface area contributed by atoms with Crippen molar-refractivity contribution in [1.82, 2.24) is 24.7 Å². The number of carbonyl (C=O) groups is 1. The molecule has 3 atom stereocenters. The number of hydrogen-bond donors (Lipinski definition) is 0. The topological polar surface area (TPSA) is 89.5 Å². The van der Waals surface area contributed by atoms with Crippen molar-refractivity contribution in [2.45, 2.75) is 69.4 Å². The lowest BCUT2D eigenvalue weighted by molar-refractivity contribution is -0.162. The Labute approximate surface area is 278 Å². The molecule has 1 aromatic heterocycles. The van der Waals surface area contributed by atoms with Crippen molar-refractivity contribution in [3.8, 4) is 11.8 Å². The van der Waals surface area contributed by atoms with Crippen LogP contribution >= 0.6 is 0 Å². The van der Waals surface area contributed by atoms with E-state index in [0.717, 1.165) is 43.9 Å². The summed E-state index contributed by atoms with van der Waals surface area (Å²) in [6, 6.07) is 21.9. The van der Waals surface area contributed by atoms with Gasteiger partial charge < -0.3 is 23.8 Å². The molecule has 250 valence electrons. The molecule has 0 spiro atoms. The van der Waals surface area contributed by atoms with Crippen molar-refractivity contribution in [3.05, 3.63) is 83.2 Å². The fraction of sp³-hybridized carbons (Fsp3) is 0.541. The number of nitrogens with zero attached hydrogens (tertiary/aromatic N) is 5. The number of rotatable bonds is 10. The van der Waals surface area contributed by atoms with Gasteiger partial charge in [-0.2, -0.15) is 9.97 Å². The number of piperazine rings is 2. The molecule has 47 heavy (non-hydrogen) atoms. The number of hydrogen-bond acceptors (Lipinski definition) is 9. The molecule has 0 radical (unpaired) electrons. The Kier molecular flexibility index (Phi) is 9.72. The molecule has 1 unspecified atom stereocenters. The molecule has 3 saturated heterocycles. The minimum Gasteiger partial charge on any atom is -0.481 e. The van der Waals surface area contributed by atoms with Crippen LogP contribution in [-0.4, -0.2) is 115 Å². The Hall–Kier alpha value is -3.57. The second-order valence-corrected chi connectivity index (χ2v) is 13.5. The van der Waals surface area contributed by atoms with E-state index in [0.29, 0.717) is 57.1 Å². The van der Waals surface area contributed by atoms with Gasteiger partial charge in [0.25, 0.3) is 5.91 Å². The highest BCUT2D eigenvalue weighted by Gasteiger charge is 2.44. The largest absolute Gasteiger partial charge is 0.481 e. The van der Waals surface area contributed by atoms with Gasteiger partial charge in [0, 0.05) is 63.2 Å². The van der Waals surface area contributed by atoms with Crippen LogP contribution < -0.4 is 9.47 Å². The summed E-state index contributed by atoms with van der Waals surface area (Å²) < 4.78 is 23.7. The highest BCUT2D eigenvalue weighted by Crippen LogP contribution is 2.42. The van der Waals surface area contributed by atoms with Crippen molar-refractivity contribution < 1.29 is 23.7 Å². The lowest BCUT2D eigenvalue weighted by Gasteiger charge is -2.54. The highest BCUT2D eigenvalue weighted by atomic mass is 16.6. The van der Waals surface area contributed by atoms with Crippen LogP contribution in [0.3, 0.4) is 0 Å². The fourth-order valence-electron chi connectivity index (χ4n) is 7.46. The van der Waals surface area contributed by atoms with Gasteiger partial charge in [-0.05, 0) is 37.8 Å². The molecular formula is C37H47N5O5. The van der Waals surface area contributed by atoms with E-state index in [2.05, 4.69) is 70.5 Å². The number of aromatic nitrogens is 2. The Morgan fingerprint density at radius 2 is 1.62 bits per heavy atom. The zero-order valence-electron chi connectivity index (χ0n) is 27.8. The monoisotopic (exact) mass is 641 g/mol. The zero-order chi connectivity index (χ0) is 32.3. The third-order valence-corrected chi connectivity index (χ3v) is 9.79. The summed E-state index contributed by atoms with van der Waals surface area (Å²) in [5.74, 6) is 2.56. The molecule has 10 heteroatoms. The molecule has 1 aliphatic carbocycles. The number of ether oxygens (including phenoxy) is 4. The molecule has 4 heterocycles. The van der Waals surface area contributed by atoms with Crippen molar-refractivity contribution in [1.29, 1.82) is 0 Å². The van der Waals surface area contributed by atoms with E-state index in [4.69, 9.17) is 28.9 Å². The second-order valence-electron chi connectivity index (χ2n) is 13.5. The molecule has 4 aliphatic rings. The number of benzene rings is 2. The highest BCUT2D eigenvalue weighted by molar-refractivity contribution is 5.81. The van der Waals surface area contributed by atoms with E-state index in [9.17, 15) is 4.79 Å². The molecule has 4 fully saturated rings. The first-order valence-electron chi connectivity index (χ1n) is 17.2. The number of carbonyl (C=O) groups excluding carboxylic acids is 1. The van der Waals surface area contributed by atoms with Crippen LogP contribution in [0.1, 0.15) is 61.0 Å². The van der Waals surface area contributed by atoms with Crippen molar-refractivity contribution in [3.63, 3.8) is 0 Å². The first-order valence-corrected chi connectivity index (χ1v) is 17.2. The molecule has 3 aliphatic heterocycles. The molecular weight excluding hydrogens is 594 g/mol. The maximum Gasteiger partial charge on any atom is 0.254 e. The Morgan fingerprint density at radius 3 is 2.23 bits per heavy atom. The minimum absolute atomic E-state index is 0.0269. The average Bonchev–Trinajstić information content (AvgIpc) is 3.96. The summed E-state index contributed by atoms with van der Waals surface area (Å²) in [6.45, 7) is 9.66. The van der Waals surface area contributed by atoms with Crippen molar-refractivity contribution in [2.75, 3.05) is 59.7 Å². The van der Waals surface area contributed by atoms with Crippen LogP contribution in [-0.2, 0) is 20.8 Å². The number of methoxy groups -OCH3 is 1. The first-order chi connectivity index (χ1) is 23.0. The SMILES string of the molecule is COc1nc(C2CC2)nc(OC(C)C)c1CN1C[C@@H]2CN(C(=O)C3COCCO3)CCN2[C@H](C(c2ccccc2)c2ccccc2)C1. The second kappa shape index (κ2) is 14.3. The van der Waals surface area contributed by atoms with Crippen LogP contribution in [0.2, 0.25) is 0 Å². The van der Waals surface area contributed by atoms with Gasteiger partial charge in [-0.1, -0.05) is 60.7 Å². The van der Waals surface area contributed by atoms with Crippen molar-refractivity contribution in [2.24, 2.45) is 0 Å². The van der Waals surface area contributed by atoms with Gasteiger partial charge in [0.05, 0.1) is 38.6 Å². The van der Waals surface area contributed by atoms with Crippen LogP contribution in [0.25, 0.3) is 0 Å². The average molecular weight is 642 g/mol. The van der Waals surface area contributed by atoms with E-state index in [1.54, 1.807) is 7.11 Å².